The third kappa shape index (κ3) is 24.5. The van der Waals surface area contributed by atoms with Crippen molar-refractivity contribution in [3.05, 3.63) is 65.7 Å². The molecule has 0 aliphatic carbocycles. The minimum absolute atomic E-state index is 0.0613. The lowest BCUT2D eigenvalue weighted by atomic mass is 9.83. The van der Waals surface area contributed by atoms with Gasteiger partial charge < -0.3 is 50.4 Å². The van der Waals surface area contributed by atoms with Gasteiger partial charge in [0, 0.05) is 103 Å². The summed E-state index contributed by atoms with van der Waals surface area (Å²) < 4.78 is 61.3. The average Bonchev–Trinajstić information content (AvgIpc) is 1.80. The number of halogens is 3. The zero-order chi connectivity index (χ0) is 72.6. The maximum absolute atomic E-state index is 14.9. The normalized spacial score (nSPS) is 18.1. The summed E-state index contributed by atoms with van der Waals surface area (Å²) in [5.74, 6) is -7.10. The quantitative estimate of drug-likeness (QED) is 0.0305. The van der Waals surface area contributed by atoms with Crippen LogP contribution in [0.4, 0.5) is 28.4 Å². The minimum atomic E-state index is -4.72. The Labute approximate surface area is 572 Å². The number of benzene rings is 2. The molecule has 8 amide bonds. The number of Topliss-reactive ketones (excluding diaryl/α,β-unsaturated/α-hetero) is 3. The van der Waals surface area contributed by atoms with Crippen LogP contribution in [0.25, 0.3) is 0 Å². The number of primary amides is 1. The molecule has 544 valence electrons. The number of nitrogens with one attached hydrogen (secondary N) is 3. The van der Waals surface area contributed by atoms with Crippen LogP contribution < -0.4 is 21.7 Å². The fourth-order valence-corrected chi connectivity index (χ4v) is 13.6. The molecule has 0 unspecified atom stereocenters. The van der Waals surface area contributed by atoms with Crippen LogP contribution in [-0.4, -0.2) is 180 Å². The van der Waals surface area contributed by atoms with Crippen LogP contribution in [0.2, 0.25) is 0 Å². The number of imide groups is 1. The number of nitrogens with two attached hydrogens (primary N) is 1. The van der Waals surface area contributed by atoms with Crippen molar-refractivity contribution in [1.82, 2.24) is 30.2 Å². The number of likely N-dealkylation sites (tertiary alicyclic amines) is 2. The van der Waals surface area contributed by atoms with E-state index in [1.54, 1.807) is 82.8 Å². The van der Waals surface area contributed by atoms with Crippen molar-refractivity contribution in [1.29, 1.82) is 0 Å². The average molecular weight is 1370 g/mol. The SMILES string of the molecule is CC[C@H](C)[C@@H]([C@@H](CC(=O)N1CCC[C@H]1[C@H](OC)[C@@H](C)C(=O)C[C@H](C)[C@@H](O)c1ccccc1)OC)N(C)C(=O)[C@@H](CC(=O)[C@H](C(C)C)N(C)C(=O)OCc1ccc(NC(=O)[C@H](CCCNC(N)=O)CC(=O)[C@@H](N[C@H](CCCCCN2C(=O)CCC2=O)C(F)(F)F)C(C)C)cc1)C(C)C. The number of ketones is 3. The maximum atomic E-state index is 14.9. The number of nitrogens with zero attached hydrogens (tertiary/aromatic N) is 4. The lowest BCUT2D eigenvalue weighted by Crippen LogP contribution is -2.54. The van der Waals surface area contributed by atoms with Crippen molar-refractivity contribution in [2.24, 2.45) is 53.1 Å². The number of urea groups is 1. The van der Waals surface area contributed by atoms with E-state index in [1.165, 1.54) is 19.1 Å². The van der Waals surface area contributed by atoms with E-state index in [0.29, 0.717) is 49.9 Å². The summed E-state index contributed by atoms with van der Waals surface area (Å²) >= 11 is 0. The Morgan fingerprint density at radius 2 is 1.37 bits per heavy atom. The van der Waals surface area contributed by atoms with E-state index in [-0.39, 0.29) is 130 Å². The summed E-state index contributed by atoms with van der Waals surface area (Å²) in [5, 5.41) is 18.8. The summed E-state index contributed by atoms with van der Waals surface area (Å²) in [6.45, 7) is 18.5. The minimum Gasteiger partial charge on any atom is -0.445 e. The summed E-state index contributed by atoms with van der Waals surface area (Å²) in [6.07, 6.45) is -5.49. The first-order valence-electron chi connectivity index (χ1n) is 34.6. The van der Waals surface area contributed by atoms with Crippen molar-refractivity contribution >= 4 is 64.7 Å². The standard InChI is InChI=1S/C72H111F3N8O14/c1-15-46(8)65(58(95-13)41-62(89)82-37-23-27-54(82)67(96-14)48(10)55(84)38-47(9)66(90)50-24-18-16-19-25-50)80(11)69(92)53(43(2)3)40-57(86)64(45(6)7)81(12)71(94)97-42-49-29-31-52(32-30-49)78-68(91)51(26-22-35-77-70(76)93)39-56(85)63(44(4)5)79-59(72(73,74)75)28-20-17-21-36-83-60(87)33-34-61(83)88/h16,18-19,24-25,29-32,43-48,51,53-54,58-59,63-67,79,90H,15,17,20-23,26-28,33-42H2,1-14H3,(H,78,91)(H3,76,77,93)/t46-,47-,48-,51+,53-,54-,58+,59+,63-,64-,65-,66+,67+/m0/s1. The highest BCUT2D eigenvalue weighted by Crippen LogP contribution is 2.34. The number of aliphatic hydroxyl groups is 1. The molecule has 0 radical (unpaired) electrons. The van der Waals surface area contributed by atoms with Gasteiger partial charge in [-0.3, -0.25) is 48.6 Å². The number of rotatable bonds is 42. The molecule has 6 N–H and O–H groups in total. The first-order chi connectivity index (χ1) is 45.7. The molecular formula is C72H111F3N8O14. The molecule has 2 saturated heterocycles. The zero-order valence-electron chi connectivity index (χ0n) is 59.6. The number of unbranched alkanes of at least 4 members (excludes halogenated alkanes) is 2. The number of methoxy groups -OCH3 is 2. The van der Waals surface area contributed by atoms with E-state index in [1.807, 2.05) is 65.0 Å². The molecule has 4 rings (SSSR count). The first-order valence-corrected chi connectivity index (χ1v) is 34.6. The maximum Gasteiger partial charge on any atom is 0.410 e. The third-order valence-electron chi connectivity index (χ3n) is 19.5. The summed E-state index contributed by atoms with van der Waals surface area (Å²) in [6, 6.07) is 9.32. The number of carbonyl (C=O) groups is 10. The number of aliphatic hydroxyl groups excluding tert-OH is 1. The second-order valence-corrected chi connectivity index (χ2v) is 27.7. The highest BCUT2D eigenvalue weighted by molar-refractivity contribution is 6.02. The molecule has 2 aromatic rings. The van der Waals surface area contributed by atoms with Gasteiger partial charge in [0.05, 0.1) is 48.9 Å². The molecule has 2 heterocycles. The monoisotopic (exact) mass is 1370 g/mol. The van der Waals surface area contributed by atoms with Gasteiger partial charge in [-0.25, -0.2) is 9.59 Å². The second-order valence-electron chi connectivity index (χ2n) is 27.7. The highest BCUT2D eigenvalue weighted by Gasteiger charge is 2.45. The molecule has 2 fully saturated rings. The molecule has 13 atom stereocenters. The Morgan fingerprint density at radius 3 is 1.93 bits per heavy atom. The number of likely N-dealkylation sites (N-methyl/N-ethyl adjacent to an activating group) is 2. The van der Waals surface area contributed by atoms with Crippen LogP contribution in [0.1, 0.15) is 183 Å². The molecule has 25 heteroatoms. The van der Waals surface area contributed by atoms with E-state index in [2.05, 4.69) is 16.0 Å². The van der Waals surface area contributed by atoms with Crippen LogP contribution in [0, 0.1) is 47.3 Å². The zero-order valence-corrected chi connectivity index (χ0v) is 59.6. The van der Waals surface area contributed by atoms with Gasteiger partial charge in [0.1, 0.15) is 18.4 Å². The van der Waals surface area contributed by atoms with Crippen molar-refractivity contribution in [2.75, 3.05) is 53.3 Å². The van der Waals surface area contributed by atoms with E-state index < -0.39 is 115 Å². The van der Waals surface area contributed by atoms with Gasteiger partial charge in [-0.05, 0) is 91.4 Å². The van der Waals surface area contributed by atoms with Crippen LogP contribution in [0.3, 0.4) is 0 Å². The second kappa shape index (κ2) is 39.7. The Hall–Kier alpha value is -6.83. The molecule has 22 nitrogen and oxygen atoms in total. The first kappa shape index (κ1) is 82.6. The topological polar surface area (TPSA) is 294 Å². The lowest BCUT2D eigenvalue weighted by Gasteiger charge is -2.41. The summed E-state index contributed by atoms with van der Waals surface area (Å²) in [5.41, 5.74) is 6.76. The molecule has 97 heavy (non-hydrogen) atoms. The van der Waals surface area contributed by atoms with Crippen LogP contribution in [-0.2, 0) is 59.2 Å². The molecule has 2 aromatic carbocycles. The number of hydrogen-bond donors (Lipinski definition) is 5. The van der Waals surface area contributed by atoms with Gasteiger partial charge in [-0.1, -0.05) is 131 Å². The smallest absolute Gasteiger partial charge is 0.410 e. The predicted molar refractivity (Wildman–Crippen MR) is 362 cm³/mol. The number of carbonyl (C=O) groups excluding carboxylic acids is 10. The Bertz CT molecular complexity index is 2880. The largest absolute Gasteiger partial charge is 0.445 e. The lowest BCUT2D eigenvalue weighted by molar-refractivity contribution is -0.161. The van der Waals surface area contributed by atoms with E-state index >= 15 is 0 Å². The molecule has 2 aliphatic rings. The number of hydrogen-bond acceptors (Lipinski definition) is 15. The number of ether oxygens (including phenoxy) is 3. The van der Waals surface area contributed by atoms with E-state index in [9.17, 15) is 66.2 Å². The summed E-state index contributed by atoms with van der Waals surface area (Å²) in [7, 11) is 6.17. The van der Waals surface area contributed by atoms with Crippen molar-refractivity contribution in [3.8, 4) is 0 Å². The van der Waals surface area contributed by atoms with Gasteiger partial charge in [0.15, 0.2) is 11.6 Å². The van der Waals surface area contributed by atoms with Crippen LogP contribution >= 0.6 is 0 Å². The molecule has 0 saturated carbocycles. The van der Waals surface area contributed by atoms with Crippen LogP contribution in [0.15, 0.2) is 54.6 Å². The van der Waals surface area contributed by atoms with Crippen molar-refractivity contribution in [2.45, 2.75) is 227 Å². The molecule has 0 spiro atoms. The number of anilines is 1. The van der Waals surface area contributed by atoms with Crippen molar-refractivity contribution < 1.29 is 80.4 Å². The highest BCUT2D eigenvalue weighted by atomic mass is 19.4. The van der Waals surface area contributed by atoms with E-state index in [0.717, 1.165) is 10.5 Å². The van der Waals surface area contributed by atoms with Gasteiger partial charge >= 0.3 is 18.3 Å². The Morgan fingerprint density at radius 1 is 0.732 bits per heavy atom. The molecule has 2 aliphatic heterocycles. The fourth-order valence-electron chi connectivity index (χ4n) is 13.6. The van der Waals surface area contributed by atoms with Gasteiger partial charge in [-0.2, -0.15) is 13.2 Å². The number of alkyl halides is 3. The molecular weight excluding hydrogens is 1260 g/mol. The van der Waals surface area contributed by atoms with Crippen LogP contribution in [0.5, 0.6) is 0 Å². The Kier molecular flexibility index (Phi) is 33.8. The summed E-state index contributed by atoms with van der Waals surface area (Å²) in [4.78, 5) is 141. The van der Waals surface area contributed by atoms with Gasteiger partial charge in [0.25, 0.3) is 0 Å². The molecule has 0 aromatic heterocycles. The number of amides is 8. The van der Waals surface area contributed by atoms with Crippen molar-refractivity contribution in [3.63, 3.8) is 0 Å². The predicted octanol–water partition coefficient (Wildman–Crippen LogP) is 9.98. The fraction of sp³-hybridized carbons (Fsp3) is 0.694. The Balaban J connectivity index is 1.40. The third-order valence-corrected chi connectivity index (χ3v) is 19.5. The molecule has 0 bridgehead atoms. The van der Waals surface area contributed by atoms with Gasteiger partial charge in [0.2, 0.25) is 29.5 Å². The van der Waals surface area contributed by atoms with E-state index in [4.69, 9.17) is 19.9 Å². The van der Waals surface area contributed by atoms with Gasteiger partial charge in [-0.15, -0.1) is 0 Å².